The number of pyridine rings is 1. The van der Waals surface area contributed by atoms with E-state index >= 15 is 0 Å². The van der Waals surface area contributed by atoms with Gasteiger partial charge in [-0.2, -0.15) is 4.98 Å². The number of hydrogen-bond acceptors (Lipinski definition) is 7. The third kappa shape index (κ3) is 4.17. The van der Waals surface area contributed by atoms with Gasteiger partial charge in [0.05, 0.1) is 44.2 Å². The van der Waals surface area contributed by atoms with Crippen LogP contribution >= 0.6 is 0 Å². The molecule has 1 aliphatic rings. The predicted octanol–water partition coefficient (Wildman–Crippen LogP) is 1.92. The molecule has 1 saturated heterocycles. The van der Waals surface area contributed by atoms with Gasteiger partial charge in [0.2, 0.25) is 5.88 Å². The van der Waals surface area contributed by atoms with Crippen LogP contribution in [0.2, 0.25) is 0 Å². The Morgan fingerprint density at radius 3 is 2.62 bits per heavy atom. The minimum absolute atomic E-state index is 0.0890. The second kappa shape index (κ2) is 8.24. The molecule has 3 heterocycles. The van der Waals surface area contributed by atoms with Crippen molar-refractivity contribution in [3.63, 3.8) is 0 Å². The Morgan fingerprint density at radius 1 is 1.21 bits per heavy atom. The Balaban J connectivity index is 1.69. The first kappa shape index (κ1) is 18.8. The van der Waals surface area contributed by atoms with Crippen molar-refractivity contribution in [1.29, 1.82) is 0 Å². The highest BCUT2D eigenvalue weighted by Gasteiger charge is 2.22. The van der Waals surface area contributed by atoms with Gasteiger partial charge in [-0.15, -0.1) is 0 Å². The molecule has 1 fully saturated rings. The lowest BCUT2D eigenvalue weighted by Gasteiger charge is -2.26. The first-order valence-corrected chi connectivity index (χ1v) is 9.09. The Morgan fingerprint density at radius 2 is 2.00 bits per heavy atom. The summed E-state index contributed by atoms with van der Waals surface area (Å²) in [6.07, 6.45) is 1.34. The molecule has 1 aliphatic heterocycles. The summed E-state index contributed by atoms with van der Waals surface area (Å²) in [5, 5.41) is 0. The topological polar surface area (TPSA) is 92.5 Å². The first-order valence-electron chi connectivity index (χ1n) is 9.09. The molecule has 0 atom stereocenters. The third-order valence-electron chi connectivity index (χ3n) is 4.48. The van der Waals surface area contributed by atoms with Crippen molar-refractivity contribution in [3.8, 4) is 17.3 Å². The summed E-state index contributed by atoms with van der Waals surface area (Å²) in [6.45, 7) is 1.17. The predicted molar refractivity (Wildman–Crippen MR) is 104 cm³/mol. The van der Waals surface area contributed by atoms with Crippen molar-refractivity contribution in [3.05, 3.63) is 76.3 Å². The molecule has 0 radical (unpaired) electrons. The fourth-order valence-corrected chi connectivity index (χ4v) is 2.88. The van der Waals surface area contributed by atoms with Crippen LogP contribution in [0.15, 0.2) is 59.5 Å². The number of methoxy groups -OCH3 is 1. The third-order valence-corrected chi connectivity index (χ3v) is 4.48. The summed E-state index contributed by atoms with van der Waals surface area (Å²) >= 11 is 0. The number of nitrogens with zero attached hydrogens (tertiary/aromatic N) is 3. The van der Waals surface area contributed by atoms with Gasteiger partial charge in [0.1, 0.15) is 11.9 Å². The summed E-state index contributed by atoms with van der Waals surface area (Å²) < 4.78 is 17.1. The molecule has 3 aromatic rings. The van der Waals surface area contributed by atoms with E-state index in [4.69, 9.17) is 9.47 Å². The molecule has 0 aliphatic carbocycles. The molecule has 4 rings (SSSR count). The van der Waals surface area contributed by atoms with Crippen molar-refractivity contribution in [2.45, 2.75) is 12.6 Å². The highest BCUT2D eigenvalue weighted by atomic mass is 16.6. The number of carbonyl (C=O) groups is 1. The fraction of sp³-hybridized carbons (Fsp3) is 0.238. The number of esters is 1. The molecule has 8 nitrogen and oxygen atoms in total. The summed E-state index contributed by atoms with van der Waals surface area (Å²) in [5.74, 6) is 0.286. The van der Waals surface area contributed by atoms with E-state index in [2.05, 4.69) is 14.7 Å². The van der Waals surface area contributed by atoms with E-state index < -0.39 is 5.97 Å². The number of hydrogen-bond donors (Lipinski definition) is 0. The molecule has 0 spiro atoms. The molecule has 0 N–H and O–H groups in total. The number of ether oxygens (including phenoxy) is 3. The van der Waals surface area contributed by atoms with Gasteiger partial charge in [-0.25, -0.2) is 4.79 Å². The SMILES string of the molecule is COC(=O)c1ccc(Cn2c(-c3ccccc3)nc(OC3COC3)cc2=O)nc1. The van der Waals surface area contributed by atoms with Crippen LogP contribution in [0.25, 0.3) is 11.4 Å². The molecular weight excluding hydrogens is 374 g/mol. The van der Waals surface area contributed by atoms with Crippen LogP contribution < -0.4 is 10.3 Å². The van der Waals surface area contributed by atoms with Gasteiger partial charge in [-0.1, -0.05) is 30.3 Å². The molecule has 29 heavy (non-hydrogen) atoms. The van der Waals surface area contributed by atoms with Crippen molar-refractivity contribution < 1.29 is 19.0 Å². The number of rotatable bonds is 6. The van der Waals surface area contributed by atoms with E-state index in [1.54, 1.807) is 12.1 Å². The Bertz CT molecular complexity index is 1060. The molecule has 0 unspecified atom stereocenters. The lowest BCUT2D eigenvalue weighted by molar-refractivity contribution is -0.0814. The average Bonchev–Trinajstić information content (AvgIpc) is 2.73. The second-order valence-electron chi connectivity index (χ2n) is 6.52. The van der Waals surface area contributed by atoms with Crippen molar-refractivity contribution in [2.24, 2.45) is 0 Å². The maximum absolute atomic E-state index is 12.9. The van der Waals surface area contributed by atoms with E-state index in [-0.39, 0.29) is 24.1 Å². The zero-order chi connectivity index (χ0) is 20.2. The van der Waals surface area contributed by atoms with Gasteiger partial charge in [0.15, 0.2) is 0 Å². The van der Waals surface area contributed by atoms with Crippen LogP contribution in [0, 0.1) is 0 Å². The standard InChI is InChI=1S/C21H19N3O5/c1-27-21(26)15-7-8-16(22-10-15)11-24-19(25)9-18(29-17-12-28-13-17)23-20(24)14-5-3-2-4-6-14/h2-10,17H,11-13H2,1H3. The normalized spacial score (nSPS) is 13.6. The molecular formula is C21H19N3O5. The van der Waals surface area contributed by atoms with Gasteiger partial charge in [0.25, 0.3) is 5.56 Å². The molecule has 0 saturated carbocycles. The van der Waals surface area contributed by atoms with Gasteiger partial charge >= 0.3 is 5.97 Å². The number of carbonyl (C=O) groups excluding carboxylic acids is 1. The van der Waals surface area contributed by atoms with E-state index in [1.165, 1.54) is 23.9 Å². The monoisotopic (exact) mass is 393 g/mol. The Kier molecular flexibility index (Phi) is 5.35. The van der Waals surface area contributed by atoms with Crippen LogP contribution in [-0.4, -0.2) is 46.9 Å². The van der Waals surface area contributed by atoms with Gasteiger partial charge in [-0.05, 0) is 12.1 Å². The van der Waals surface area contributed by atoms with Crippen LogP contribution in [0.4, 0.5) is 0 Å². The van der Waals surface area contributed by atoms with E-state index in [0.29, 0.717) is 30.3 Å². The van der Waals surface area contributed by atoms with Crippen LogP contribution in [0.5, 0.6) is 5.88 Å². The Hall–Kier alpha value is -3.52. The van der Waals surface area contributed by atoms with Crippen LogP contribution in [-0.2, 0) is 16.0 Å². The smallest absolute Gasteiger partial charge is 0.339 e. The van der Waals surface area contributed by atoms with Crippen molar-refractivity contribution in [2.75, 3.05) is 20.3 Å². The minimum Gasteiger partial charge on any atom is -0.469 e. The summed E-state index contributed by atoms with van der Waals surface area (Å²) in [5.41, 5.74) is 1.48. The summed E-state index contributed by atoms with van der Waals surface area (Å²) in [7, 11) is 1.31. The molecule has 0 amide bonds. The maximum atomic E-state index is 12.9. The molecule has 1 aromatic carbocycles. The fourth-order valence-electron chi connectivity index (χ4n) is 2.88. The molecule has 0 bridgehead atoms. The van der Waals surface area contributed by atoms with E-state index in [1.807, 2.05) is 30.3 Å². The van der Waals surface area contributed by atoms with Crippen LogP contribution in [0.1, 0.15) is 16.1 Å². The first-order chi connectivity index (χ1) is 14.1. The van der Waals surface area contributed by atoms with Crippen molar-refractivity contribution >= 4 is 5.97 Å². The highest BCUT2D eigenvalue weighted by Crippen LogP contribution is 2.20. The summed E-state index contributed by atoms with van der Waals surface area (Å²) in [6, 6.07) is 14.1. The van der Waals surface area contributed by atoms with Gasteiger partial charge in [0, 0.05) is 11.8 Å². The van der Waals surface area contributed by atoms with Crippen molar-refractivity contribution in [1.82, 2.24) is 14.5 Å². The largest absolute Gasteiger partial charge is 0.469 e. The minimum atomic E-state index is -0.464. The molecule has 2 aromatic heterocycles. The molecule has 148 valence electrons. The van der Waals surface area contributed by atoms with Gasteiger partial charge < -0.3 is 14.2 Å². The Labute approximate surface area is 166 Å². The van der Waals surface area contributed by atoms with E-state index in [0.717, 1.165) is 5.56 Å². The average molecular weight is 393 g/mol. The zero-order valence-electron chi connectivity index (χ0n) is 15.8. The number of benzene rings is 1. The quantitative estimate of drug-likeness (QED) is 0.591. The number of aromatic nitrogens is 3. The molecule has 8 heteroatoms. The summed E-state index contributed by atoms with van der Waals surface area (Å²) in [4.78, 5) is 33.3. The van der Waals surface area contributed by atoms with E-state index in [9.17, 15) is 9.59 Å². The lowest BCUT2D eigenvalue weighted by atomic mass is 10.2. The maximum Gasteiger partial charge on any atom is 0.339 e. The van der Waals surface area contributed by atoms with Crippen LogP contribution in [0.3, 0.4) is 0 Å². The highest BCUT2D eigenvalue weighted by molar-refractivity contribution is 5.88. The zero-order valence-corrected chi connectivity index (χ0v) is 15.8. The second-order valence-corrected chi connectivity index (χ2v) is 6.52. The van der Waals surface area contributed by atoms with Gasteiger partial charge in [-0.3, -0.25) is 14.3 Å². The lowest BCUT2D eigenvalue weighted by Crippen LogP contribution is -2.39.